The number of benzene rings is 3. The fourth-order valence-corrected chi connectivity index (χ4v) is 9.18. The topological polar surface area (TPSA) is 234 Å². The number of piperidine rings is 1. The summed E-state index contributed by atoms with van der Waals surface area (Å²) < 4.78 is 106. The third-order valence-corrected chi connectivity index (χ3v) is 13.0. The summed E-state index contributed by atoms with van der Waals surface area (Å²) in [6.45, 7) is 2.47. The molecule has 8 rings (SSSR count). The van der Waals surface area contributed by atoms with E-state index in [2.05, 4.69) is 15.3 Å². The van der Waals surface area contributed by atoms with Crippen molar-refractivity contribution in [1.82, 2.24) is 24.5 Å². The van der Waals surface area contributed by atoms with Crippen molar-refractivity contribution in [2.75, 3.05) is 83.9 Å². The summed E-state index contributed by atoms with van der Waals surface area (Å²) in [4.78, 5) is 71.3. The zero-order valence-electron chi connectivity index (χ0n) is 37.4. The first-order chi connectivity index (χ1) is 33.8. The van der Waals surface area contributed by atoms with E-state index >= 15 is 8.78 Å². The Balaban J connectivity index is 0.684. The fraction of sp³-hybridized carbons (Fsp3) is 0.362. The van der Waals surface area contributed by atoms with Gasteiger partial charge < -0.3 is 33.4 Å². The minimum Gasteiger partial charge on any atom is -0.491 e. The second kappa shape index (κ2) is 22.3. The third-order valence-electron chi connectivity index (χ3n) is 11.5. The van der Waals surface area contributed by atoms with E-state index in [4.69, 9.17) is 28.4 Å². The summed E-state index contributed by atoms with van der Waals surface area (Å²) >= 11 is 0. The molecule has 4 amide bonds. The first-order valence-corrected chi connectivity index (χ1v) is 23.7. The van der Waals surface area contributed by atoms with Gasteiger partial charge in [-0.05, 0) is 66.9 Å². The highest BCUT2D eigenvalue weighted by atomic mass is 32.2. The molecule has 1 unspecified atom stereocenters. The number of nitrogens with one attached hydrogen (secondary N) is 3. The molecule has 3 aliphatic rings. The maximum atomic E-state index is 15.7. The lowest BCUT2D eigenvalue weighted by Crippen LogP contribution is -2.54. The number of ketones is 1. The van der Waals surface area contributed by atoms with Gasteiger partial charge in [0.15, 0.2) is 5.82 Å². The van der Waals surface area contributed by atoms with E-state index in [1.54, 1.807) is 42.6 Å². The lowest BCUT2D eigenvalue weighted by atomic mass is 10.00. The number of nitrogens with zero attached hydrogens (tertiary/aromatic N) is 3. The number of imide groups is 2. The monoisotopic (exact) mass is 992 g/mol. The summed E-state index contributed by atoms with van der Waals surface area (Å²) in [7, 11) is -4.37. The number of carbonyl (C=O) groups excluding carboxylic acids is 5. The van der Waals surface area contributed by atoms with Crippen molar-refractivity contribution in [3.63, 3.8) is 0 Å². The van der Waals surface area contributed by atoms with Gasteiger partial charge in [0.1, 0.15) is 48.4 Å². The Morgan fingerprint density at radius 2 is 1.39 bits per heavy atom. The molecule has 3 aromatic carbocycles. The van der Waals surface area contributed by atoms with Gasteiger partial charge in [0.2, 0.25) is 17.6 Å². The zero-order valence-corrected chi connectivity index (χ0v) is 38.2. The maximum absolute atomic E-state index is 15.7. The Labute approximate surface area is 398 Å². The van der Waals surface area contributed by atoms with Crippen molar-refractivity contribution < 1.29 is 74.0 Å². The van der Waals surface area contributed by atoms with E-state index in [0.717, 1.165) is 21.3 Å². The number of rotatable bonds is 24. The summed E-state index contributed by atoms with van der Waals surface area (Å²) in [6, 6.07) is 13.8. The quantitative estimate of drug-likeness (QED) is 0.0443. The predicted molar refractivity (Wildman–Crippen MR) is 242 cm³/mol. The fourth-order valence-electron chi connectivity index (χ4n) is 7.91. The number of H-pyrrole nitrogens is 1. The van der Waals surface area contributed by atoms with Crippen molar-refractivity contribution >= 4 is 56.3 Å². The summed E-state index contributed by atoms with van der Waals surface area (Å²) in [6.07, 6.45) is 1.57. The SMILES string of the molecule is O=C1CCC(N2C(=O)c3ccc(OCCOCCOCCOCCOCCOc4ccc(-c5cnc6[nH]cc(C(=O)c7c(F)ccc(NS(=O)(=O)N8CC[C@@H](F)C8)c7F)c6c5)cc4)cc3C2=O)C(=O)N1. The minimum atomic E-state index is -4.37. The summed E-state index contributed by atoms with van der Waals surface area (Å²) in [5.41, 5.74) is 0.154. The van der Waals surface area contributed by atoms with E-state index in [-0.39, 0.29) is 73.4 Å². The molecule has 3 N–H and O–H groups in total. The molecule has 370 valence electrons. The van der Waals surface area contributed by atoms with Crippen molar-refractivity contribution in [2.45, 2.75) is 31.5 Å². The number of hydrogen-bond donors (Lipinski definition) is 3. The minimum absolute atomic E-state index is 0.0124. The number of hydrogen-bond acceptors (Lipinski definition) is 14. The molecule has 23 heteroatoms. The largest absolute Gasteiger partial charge is 0.491 e. The van der Waals surface area contributed by atoms with E-state index in [9.17, 15) is 36.8 Å². The highest BCUT2D eigenvalue weighted by molar-refractivity contribution is 7.90. The van der Waals surface area contributed by atoms with Gasteiger partial charge in [-0.25, -0.2) is 18.2 Å². The average Bonchev–Trinajstić information content (AvgIpc) is 4.05. The van der Waals surface area contributed by atoms with Gasteiger partial charge in [-0.15, -0.1) is 0 Å². The van der Waals surface area contributed by atoms with E-state index in [1.165, 1.54) is 18.3 Å². The molecule has 19 nitrogen and oxygen atoms in total. The van der Waals surface area contributed by atoms with Crippen LogP contribution >= 0.6 is 0 Å². The molecule has 70 heavy (non-hydrogen) atoms. The molecule has 5 heterocycles. The molecule has 3 aliphatic heterocycles. The highest BCUT2D eigenvalue weighted by Crippen LogP contribution is 2.32. The Hall–Kier alpha value is -6.76. The summed E-state index contributed by atoms with van der Waals surface area (Å²) in [5, 5.41) is 2.44. The van der Waals surface area contributed by atoms with Crippen LogP contribution in [0.25, 0.3) is 22.2 Å². The van der Waals surface area contributed by atoms with Gasteiger partial charge in [0.25, 0.3) is 11.8 Å². The highest BCUT2D eigenvalue weighted by Gasteiger charge is 2.45. The van der Waals surface area contributed by atoms with Crippen LogP contribution < -0.4 is 19.5 Å². The van der Waals surface area contributed by atoms with Crippen LogP contribution in [0.5, 0.6) is 11.5 Å². The molecule has 0 spiro atoms. The van der Waals surface area contributed by atoms with Crippen molar-refractivity contribution in [2.24, 2.45) is 0 Å². The lowest BCUT2D eigenvalue weighted by Gasteiger charge is -2.27. The number of aromatic nitrogens is 2. The lowest BCUT2D eigenvalue weighted by molar-refractivity contribution is -0.136. The van der Waals surface area contributed by atoms with Crippen LogP contribution in [0.2, 0.25) is 0 Å². The molecular formula is C47H47F3N6O13S. The Bertz CT molecular complexity index is 2890. The molecule has 2 aromatic heterocycles. The molecule has 0 aliphatic carbocycles. The van der Waals surface area contributed by atoms with Gasteiger partial charge >= 0.3 is 10.2 Å². The number of alkyl halides is 1. The Morgan fingerprint density at radius 1 is 0.757 bits per heavy atom. The van der Waals surface area contributed by atoms with Gasteiger partial charge in [0, 0.05) is 48.4 Å². The van der Waals surface area contributed by atoms with Crippen LogP contribution in [-0.2, 0) is 38.7 Å². The average molecular weight is 993 g/mol. The third kappa shape index (κ3) is 11.5. The first kappa shape index (κ1) is 49.7. The Morgan fingerprint density at radius 3 is 2.03 bits per heavy atom. The number of fused-ring (bicyclic) bond motifs is 2. The smallest absolute Gasteiger partial charge is 0.301 e. The van der Waals surface area contributed by atoms with E-state index in [0.29, 0.717) is 68.9 Å². The number of halogens is 3. The first-order valence-electron chi connectivity index (χ1n) is 22.2. The van der Waals surface area contributed by atoms with Crippen LogP contribution in [0.1, 0.15) is 55.9 Å². The van der Waals surface area contributed by atoms with Gasteiger partial charge in [-0.2, -0.15) is 12.7 Å². The van der Waals surface area contributed by atoms with Crippen molar-refractivity contribution in [3.8, 4) is 22.6 Å². The number of aromatic amines is 1. The molecular weight excluding hydrogens is 946 g/mol. The number of anilines is 1. The van der Waals surface area contributed by atoms with Gasteiger partial charge in [0.05, 0.1) is 75.2 Å². The number of carbonyl (C=O) groups is 5. The van der Waals surface area contributed by atoms with Crippen molar-refractivity contribution in [3.05, 3.63) is 107 Å². The molecule has 2 atom stereocenters. The standard InChI is InChI=1S/C47H47F3N6O13S/c48-30-11-12-55(27-30)70(62,63)54-38-8-7-37(49)41(42(38)50)43(58)36-26-52-44-34(36)23-29(25-51-44)28-1-3-31(4-2-28)68-21-19-66-17-15-64-13-14-65-16-18-67-20-22-69-32-5-6-33-35(24-32)47(61)56(46(33)60)39-9-10-40(57)53-45(39)59/h1-8,23-26,30,39,54H,9-22,27H2,(H,51,52)(H,53,57,59)/t30-,39?/m1/s1. The summed E-state index contributed by atoms with van der Waals surface area (Å²) in [5.74, 6) is -5.05. The molecule has 0 radical (unpaired) electrons. The van der Waals surface area contributed by atoms with Crippen LogP contribution in [0, 0.1) is 11.6 Å². The molecule has 0 bridgehead atoms. The molecule has 2 saturated heterocycles. The normalized spacial score (nSPS) is 17.3. The molecule has 0 saturated carbocycles. The van der Waals surface area contributed by atoms with Crippen LogP contribution in [0.4, 0.5) is 18.9 Å². The maximum Gasteiger partial charge on any atom is 0.301 e. The second-order valence-electron chi connectivity index (χ2n) is 16.1. The zero-order chi connectivity index (χ0) is 49.4. The second-order valence-corrected chi connectivity index (χ2v) is 17.8. The predicted octanol–water partition coefficient (Wildman–Crippen LogP) is 4.37. The van der Waals surface area contributed by atoms with Crippen LogP contribution in [0.3, 0.4) is 0 Å². The van der Waals surface area contributed by atoms with E-state index < -0.39 is 81.3 Å². The van der Waals surface area contributed by atoms with Crippen LogP contribution in [0.15, 0.2) is 73.1 Å². The van der Waals surface area contributed by atoms with E-state index in [1.807, 2.05) is 4.72 Å². The van der Waals surface area contributed by atoms with Gasteiger partial charge in [-0.1, -0.05) is 12.1 Å². The van der Waals surface area contributed by atoms with Gasteiger partial charge in [-0.3, -0.25) is 38.9 Å². The number of pyridine rings is 1. The number of ether oxygens (including phenoxy) is 6. The Kier molecular flexibility index (Phi) is 15.8. The molecule has 5 aromatic rings. The molecule has 2 fully saturated rings. The van der Waals surface area contributed by atoms with Crippen LogP contribution in [-0.4, -0.2) is 148 Å². The number of amides is 4. The van der Waals surface area contributed by atoms with Crippen molar-refractivity contribution in [1.29, 1.82) is 0 Å².